The first-order chi connectivity index (χ1) is 13.0. The van der Waals surface area contributed by atoms with E-state index < -0.39 is 16.9 Å². The Bertz CT molecular complexity index is 812. The number of piperidine rings is 2. The maximum atomic E-state index is 12.4. The average Bonchev–Trinajstić information content (AvgIpc) is 2.99. The predicted molar refractivity (Wildman–Crippen MR) is 103 cm³/mol. The Morgan fingerprint density at radius 3 is 3.00 bits per heavy atom. The third kappa shape index (κ3) is 2.51. The summed E-state index contributed by atoms with van der Waals surface area (Å²) in [6.45, 7) is 1.88. The van der Waals surface area contributed by atoms with Crippen LogP contribution in [0.4, 0.5) is 5.69 Å². The molecule has 6 heteroatoms. The molecule has 3 aliphatic heterocycles. The van der Waals surface area contributed by atoms with E-state index >= 15 is 0 Å². The Hall–Kier alpha value is -1.43. The van der Waals surface area contributed by atoms with Gasteiger partial charge in [0.1, 0.15) is 4.87 Å². The second-order valence-corrected chi connectivity index (χ2v) is 9.07. The van der Waals surface area contributed by atoms with Crippen molar-refractivity contribution >= 4 is 29.0 Å². The summed E-state index contributed by atoms with van der Waals surface area (Å²) in [7, 11) is 1.41. The Morgan fingerprint density at radius 1 is 1.37 bits per heavy atom. The maximum absolute atomic E-state index is 12.4. The molecule has 0 unspecified atom stereocenters. The Kier molecular flexibility index (Phi) is 4.12. The molecule has 1 N–H and O–H groups in total. The van der Waals surface area contributed by atoms with Crippen LogP contribution in [0.2, 0.25) is 0 Å². The summed E-state index contributed by atoms with van der Waals surface area (Å²) in [5.74, 6) is -0.184. The first-order valence-corrected chi connectivity index (χ1v) is 10.3. The molecule has 5 rings (SSSR count). The van der Waals surface area contributed by atoms with Gasteiger partial charge in [-0.1, -0.05) is 18.2 Å². The van der Waals surface area contributed by atoms with Gasteiger partial charge >= 0.3 is 5.97 Å². The van der Waals surface area contributed by atoms with Crippen molar-refractivity contribution in [1.82, 2.24) is 4.90 Å². The van der Waals surface area contributed by atoms with Crippen LogP contribution < -0.4 is 0 Å². The standard InChI is InChI=1S/C21H25ClN2O3/c1-27-20(26)18-13-10-16-19-21(22,14-4-2-3-5-15(14)23-19)8-9-24(16)11-12(13)6-7-17(18)25/h2-5,12-13,16-18,25H,6-11H2,1H3/t12-,13-,16-,17-,18+,21-/m0/s1. The van der Waals surface area contributed by atoms with Crippen LogP contribution in [0.5, 0.6) is 0 Å². The zero-order valence-corrected chi connectivity index (χ0v) is 16.2. The topological polar surface area (TPSA) is 62.1 Å². The maximum Gasteiger partial charge on any atom is 0.311 e. The van der Waals surface area contributed by atoms with Gasteiger partial charge in [-0.25, -0.2) is 0 Å². The number of carbonyl (C=O) groups is 1. The third-order valence-electron chi connectivity index (χ3n) is 7.23. The number of nitrogens with zero attached hydrogens (tertiary/aromatic N) is 2. The smallest absolute Gasteiger partial charge is 0.311 e. The van der Waals surface area contributed by atoms with E-state index in [0.29, 0.717) is 12.3 Å². The summed E-state index contributed by atoms with van der Waals surface area (Å²) in [5.41, 5.74) is 3.11. The molecule has 0 radical (unpaired) electrons. The summed E-state index contributed by atoms with van der Waals surface area (Å²) in [4.78, 5) is 19.3. The van der Waals surface area contributed by atoms with Gasteiger partial charge in [0.15, 0.2) is 0 Å². The lowest BCUT2D eigenvalue weighted by atomic mass is 9.64. The number of hydrogen-bond acceptors (Lipinski definition) is 5. The van der Waals surface area contributed by atoms with Gasteiger partial charge < -0.3 is 9.84 Å². The number of aliphatic hydroxyl groups is 1. The summed E-state index contributed by atoms with van der Waals surface area (Å²) in [5, 5.41) is 10.5. The summed E-state index contributed by atoms with van der Waals surface area (Å²) in [6.07, 6.45) is 2.69. The lowest BCUT2D eigenvalue weighted by Gasteiger charge is -2.53. The molecular weight excluding hydrogens is 364 g/mol. The number of aliphatic imine (C=N–C) groups is 1. The minimum Gasteiger partial charge on any atom is -0.469 e. The third-order valence-corrected chi connectivity index (χ3v) is 7.82. The molecule has 0 amide bonds. The van der Waals surface area contributed by atoms with E-state index in [-0.39, 0.29) is 17.9 Å². The molecule has 3 fully saturated rings. The molecule has 1 saturated carbocycles. The monoisotopic (exact) mass is 388 g/mol. The summed E-state index contributed by atoms with van der Waals surface area (Å²) < 4.78 is 5.03. The van der Waals surface area contributed by atoms with Crippen molar-refractivity contribution in [1.29, 1.82) is 0 Å². The number of rotatable bonds is 1. The van der Waals surface area contributed by atoms with Crippen molar-refractivity contribution < 1.29 is 14.6 Å². The minimum atomic E-state index is -0.614. The fourth-order valence-corrected chi connectivity index (χ4v) is 6.33. The molecule has 1 aromatic carbocycles. The lowest BCUT2D eigenvalue weighted by Crippen LogP contribution is -2.61. The zero-order valence-electron chi connectivity index (χ0n) is 15.5. The number of fused-ring (bicyclic) bond motifs is 6. The highest BCUT2D eigenvalue weighted by Crippen LogP contribution is 2.53. The Balaban J connectivity index is 1.50. The van der Waals surface area contributed by atoms with Crippen molar-refractivity contribution in [2.24, 2.45) is 22.7 Å². The Morgan fingerprint density at radius 2 is 2.19 bits per heavy atom. The van der Waals surface area contributed by atoms with Gasteiger partial charge in [0.05, 0.1) is 36.6 Å². The van der Waals surface area contributed by atoms with Crippen LogP contribution in [-0.4, -0.2) is 54.0 Å². The fraction of sp³-hybridized carbons (Fsp3) is 0.619. The van der Waals surface area contributed by atoms with Crippen LogP contribution in [0.1, 0.15) is 31.2 Å². The molecule has 0 spiro atoms. The molecule has 5 nitrogen and oxygen atoms in total. The highest BCUT2D eigenvalue weighted by atomic mass is 35.5. The molecular formula is C21H25ClN2O3. The van der Waals surface area contributed by atoms with Crippen molar-refractivity contribution in [2.75, 3.05) is 20.2 Å². The molecule has 3 heterocycles. The van der Waals surface area contributed by atoms with Crippen molar-refractivity contribution in [2.45, 2.75) is 42.7 Å². The van der Waals surface area contributed by atoms with Gasteiger partial charge in [-0.3, -0.25) is 14.7 Å². The number of carbonyl (C=O) groups excluding carboxylic acids is 1. The molecule has 6 atom stereocenters. The van der Waals surface area contributed by atoms with Gasteiger partial charge in [-0.2, -0.15) is 0 Å². The molecule has 0 aromatic heterocycles. The number of esters is 1. The largest absolute Gasteiger partial charge is 0.469 e. The predicted octanol–water partition coefficient (Wildman–Crippen LogP) is 2.86. The van der Waals surface area contributed by atoms with E-state index in [2.05, 4.69) is 11.0 Å². The minimum absolute atomic E-state index is 0.118. The molecule has 144 valence electrons. The molecule has 1 aromatic rings. The first-order valence-electron chi connectivity index (χ1n) is 9.90. The quantitative estimate of drug-likeness (QED) is 0.593. The summed E-state index contributed by atoms with van der Waals surface area (Å²) in [6, 6.07) is 8.27. The van der Waals surface area contributed by atoms with E-state index in [4.69, 9.17) is 21.3 Å². The van der Waals surface area contributed by atoms with Crippen molar-refractivity contribution in [3.63, 3.8) is 0 Å². The second-order valence-electron chi connectivity index (χ2n) is 8.43. The molecule has 27 heavy (non-hydrogen) atoms. The highest BCUT2D eigenvalue weighted by molar-refractivity contribution is 6.39. The Labute approximate surface area is 164 Å². The molecule has 0 bridgehead atoms. The van der Waals surface area contributed by atoms with Gasteiger partial charge in [0.2, 0.25) is 0 Å². The number of hydrogen-bond donors (Lipinski definition) is 1. The van der Waals surface area contributed by atoms with Crippen LogP contribution in [0.25, 0.3) is 0 Å². The van der Waals surface area contributed by atoms with Crippen LogP contribution >= 0.6 is 11.6 Å². The van der Waals surface area contributed by atoms with E-state index in [9.17, 15) is 9.90 Å². The number of para-hydroxylation sites is 1. The fourth-order valence-electron chi connectivity index (χ4n) is 5.92. The first kappa shape index (κ1) is 17.7. The SMILES string of the molecule is COC(=O)[C@@H]1[C@H]2C[C@H]3C4=Nc5ccccc5[C@@]4(Cl)CCN3C[C@@H]2CC[C@@H]1O. The zero-order chi connectivity index (χ0) is 18.8. The number of methoxy groups -OCH3 is 1. The average molecular weight is 389 g/mol. The van der Waals surface area contributed by atoms with E-state index in [0.717, 1.165) is 49.3 Å². The van der Waals surface area contributed by atoms with Crippen molar-refractivity contribution in [3.8, 4) is 0 Å². The van der Waals surface area contributed by atoms with Crippen LogP contribution in [0.15, 0.2) is 29.3 Å². The van der Waals surface area contributed by atoms with E-state index in [1.165, 1.54) is 7.11 Å². The van der Waals surface area contributed by atoms with E-state index in [1.54, 1.807) is 0 Å². The molecule has 4 aliphatic rings. The number of alkyl halides is 1. The number of aliphatic hydroxyl groups excluding tert-OH is 1. The number of halogens is 1. The highest BCUT2D eigenvalue weighted by Gasteiger charge is 2.55. The van der Waals surface area contributed by atoms with Gasteiger partial charge in [0.25, 0.3) is 0 Å². The number of ether oxygens (including phenoxy) is 1. The summed E-state index contributed by atoms with van der Waals surface area (Å²) >= 11 is 7.15. The van der Waals surface area contributed by atoms with Crippen LogP contribution in [0, 0.1) is 17.8 Å². The molecule has 1 aliphatic carbocycles. The second kappa shape index (κ2) is 6.29. The van der Waals surface area contributed by atoms with Crippen LogP contribution in [-0.2, 0) is 14.4 Å². The van der Waals surface area contributed by atoms with Gasteiger partial charge in [-0.15, -0.1) is 11.6 Å². The lowest BCUT2D eigenvalue weighted by molar-refractivity contribution is -0.159. The number of benzene rings is 1. The van der Waals surface area contributed by atoms with E-state index in [1.807, 2.05) is 18.2 Å². The normalized spacial score (nSPS) is 40.3. The van der Waals surface area contributed by atoms with Crippen molar-refractivity contribution in [3.05, 3.63) is 29.8 Å². The van der Waals surface area contributed by atoms with Crippen LogP contribution in [0.3, 0.4) is 0 Å². The van der Waals surface area contributed by atoms with Gasteiger partial charge in [0, 0.05) is 18.7 Å². The molecule has 2 saturated heterocycles. The van der Waals surface area contributed by atoms with Gasteiger partial charge in [-0.05, 0) is 43.6 Å².